The van der Waals surface area contributed by atoms with Crippen LogP contribution in [0.1, 0.15) is 16.1 Å². The fourth-order valence-electron chi connectivity index (χ4n) is 2.14. The molecule has 0 aliphatic heterocycles. The topological polar surface area (TPSA) is 52.3 Å². The number of carbonyl (C=O) groups excluding carboxylic acids is 1. The fourth-order valence-corrected chi connectivity index (χ4v) is 2.14. The Hall–Kier alpha value is -2.88. The highest BCUT2D eigenvalue weighted by molar-refractivity contribution is 5.97. The first kappa shape index (κ1) is 14.1. The number of benzene rings is 2. The molecule has 0 saturated heterocycles. The number of aromatic nitrogens is 1. The molecule has 0 radical (unpaired) electrons. The number of rotatable bonds is 5. The highest BCUT2D eigenvalue weighted by atomic mass is 16.5. The van der Waals surface area contributed by atoms with Crippen molar-refractivity contribution in [1.82, 2.24) is 4.98 Å². The molecule has 2 aromatic carbocycles. The average molecular weight is 293 g/mol. The molecule has 1 heterocycles. The molecule has 0 atom stereocenters. The lowest BCUT2D eigenvalue weighted by Gasteiger charge is -2.00. The third-order valence-corrected chi connectivity index (χ3v) is 3.32. The van der Waals surface area contributed by atoms with Gasteiger partial charge in [-0.3, -0.25) is 4.79 Å². The van der Waals surface area contributed by atoms with Gasteiger partial charge in [-0.25, -0.2) is 4.98 Å². The Morgan fingerprint density at radius 3 is 2.50 bits per heavy atom. The molecule has 4 heteroatoms. The van der Waals surface area contributed by atoms with Crippen LogP contribution in [0.25, 0.3) is 11.5 Å². The Morgan fingerprint density at radius 1 is 1.09 bits per heavy atom. The Labute approximate surface area is 128 Å². The molecule has 0 aliphatic carbocycles. The zero-order valence-electron chi connectivity index (χ0n) is 12.2. The average Bonchev–Trinajstić information content (AvgIpc) is 3.04. The van der Waals surface area contributed by atoms with Crippen molar-refractivity contribution in [3.63, 3.8) is 0 Å². The summed E-state index contributed by atoms with van der Waals surface area (Å²) in [7, 11) is 1.62. The van der Waals surface area contributed by atoms with Gasteiger partial charge in [-0.15, -0.1) is 0 Å². The second-order valence-corrected chi connectivity index (χ2v) is 4.83. The van der Waals surface area contributed by atoms with Gasteiger partial charge in [0.2, 0.25) is 5.89 Å². The van der Waals surface area contributed by atoms with E-state index in [4.69, 9.17) is 9.15 Å². The van der Waals surface area contributed by atoms with Gasteiger partial charge in [-0.05, 0) is 24.3 Å². The normalized spacial score (nSPS) is 10.4. The number of carbonyl (C=O) groups is 1. The van der Waals surface area contributed by atoms with Gasteiger partial charge in [0.05, 0.1) is 19.7 Å². The molecule has 3 rings (SSSR count). The highest BCUT2D eigenvalue weighted by Gasteiger charge is 2.12. The van der Waals surface area contributed by atoms with Crippen LogP contribution in [0.3, 0.4) is 0 Å². The number of hydrogen-bond donors (Lipinski definition) is 0. The number of ketones is 1. The molecule has 0 bridgehead atoms. The molecule has 4 nitrogen and oxygen atoms in total. The molecule has 3 aromatic rings. The second-order valence-electron chi connectivity index (χ2n) is 4.83. The molecular weight excluding hydrogens is 278 g/mol. The molecule has 0 amide bonds. The first-order valence-corrected chi connectivity index (χ1v) is 6.93. The smallest absolute Gasteiger partial charge is 0.226 e. The maximum absolute atomic E-state index is 12.1. The van der Waals surface area contributed by atoms with Crippen molar-refractivity contribution in [1.29, 1.82) is 0 Å². The molecule has 110 valence electrons. The second kappa shape index (κ2) is 6.26. The summed E-state index contributed by atoms with van der Waals surface area (Å²) >= 11 is 0. The Bertz CT molecular complexity index is 761. The first-order valence-electron chi connectivity index (χ1n) is 6.93. The van der Waals surface area contributed by atoms with Crippen LogP contribution in [0.15, 0.2) is 65.2 Å². The summed E-state index contributed by atoms with van der Waals surface area (Å²) in [5.41, 5.74) is 1.52. The third-order valence-electron chi connectivity index (χ3n) is 3.32. The van der Waals surface area contributed by atoms with E-state index >= 15 is 0 Å². The lowest BCUT2D eigenvalue weighted by Crippen LogP contribution is -2.02. The van der Waals surface area contributed by atoms with Gasteiger partial charge in [0.25, 0.3) is 0 Å². The van der Waals surface area contributed by atoms with Gasteiger partial charge in [-0.1, -0.05) is 30.3 Å². The molecule has 1 aromatic heterocycles. The minimum Gasteiger partial charge on any atom is -0.497 e. The number of ether oxygens (including phenoxy) is 1. The van der Waals surface area contributed by atoms with E-state index < -0.39 is 0 Å². The van der Waals surface area contributed by atoms with Gasteiger partial charge < -0.3 is 9.15 Å². The van der Waals surface area contributed by atoms with Gasteiger partial charge in [0.15, 0.2) is 5.78 Å². The molecule has 0 aliphatic rings. The predicted molar refractivity (Wildman–Crippen MR) is 83.0 cm³/mol. The van der Waals surface area contributed by atoms with Crippen LogP contribution in [0.2, 0.25) is 0 Å². The van der Waals surface area contributed by atoms with Crippen LogP contribution in [-0.2, 0) is 6.42 Å². The van der Waals surface area contributed by atoms with Crippen LogP contribution in [-0.4, -0.2) is 17.9 Å². The molecule has 0 spiro atoms. The van der Waals surface area contributed by atoms with E-state index in [1.165, 1.54) is 0 Å². The maximum atomic E-state index is 12.1. The first-order chi connectivity index (χ1) is 10.8. The van der Waals surface area contributed by atoms with Crippen LogP contribution in [0.5, 0.6) is 5.75 Å². The van der Waals surface area contributed by atoms with E-state index in [9.17, 15) is 4.79 Å². The standard InChI is InChI=1S/C18H15NO3/c1-21-15-9-7-14(8-10-15)18-19-12-16(22-18)11-17(20)13-5-3-2-4-6-13/h2-10,12H,11H2,1H3. The summed E-state index contributed by atoms with van der Waals surface area (Å²) in [5, 5.41) is 0. The molecular formula is C18H15NO3. The predicted octanol–water partition coefficient (Wildman–Crippen LogP) is 3.78. The lowest BCUT2D eigenvalue weighted by molar-refractivity contribution is 0.0987. The van der Waals surface area contributed by atoms with E-state index in [-0.39, 0.29) is 12.2 Å². The summed E-state index contributed by atoms with van der Waals surface area (Å²) < 4.78 is 10.8. The molecule has 0 unspecified atom stereocenters. The fraction of sp³-hybridized carbons (Fsp3) is 0.111. The van der Waals surface area contributed by atoms with Crippen LogP contribution in [0, 0.1) is 0 Å². The summed E-state index contributed by atoms with van der Waals surface area (Å²) in [4.78, 5) is 16.4. The summed E-state index contributed by atoms with van der Waals surface area (Å²) in [6, 6.07) is 16.6. The number of hydrogen-bond acceptors (Lipinski definition) is 4. The molecule has 0 fully saturated rings. The minimum atomic E-state index is 0.0121. The van der Waals surface area contributed by atoms with Gasteiger partial charge in [0, 0.05) is 11.1 Å². The van der Waals surface area contributed by atoms with Crippen molar-refractivity contribution in [2.24, 2.45) is 0 Å². The van der Waals surface area contributed by atoms with Crippen molar-refractivity contribution in [3.05, 3.63) is 72.1 Å². The molecule has 22 heavy (non-hydrogen) atoms. The van der Waals surface area contributed by atoms with Crippen molar-refractivity contribution in [2.75, 3.05) is 7.11 Å². The van der Waals surface area contributed by atoms with Crippen molar-refractivity contribution in [2.45, 2.75) is 6.42 Å². The highest BCUT2D eigenvalue weighted by Crippen LogP contribution is 2.22. The monoisotopic (exact) mass is 293 g/mol. The minimum absolute atomic E-state index is 0.0121. The Balaban J connectivity index is 1.74. The third kappa shape index (κ3) is 3.06. The summed E-state index contributed by atoms with van der Waals surface area (Å²) in [6.45, 7) is 0. The number of oxazole rings is 1. The Kier molecular flexibility index (Phi) is 4.01. The molecule has 0 saturated carbocycles. The Morgan fingerprint density at radius 2 is 1.82 bits per heavy atom. The van der Waals surface area contributed by atoms with Crippen molar-refractivity contribution >= 4 is 5.78 Å². The van der Waals surface area contributed by atoms with Crippen LogP contribution >= 0.6 is 0 Å². The quantitative estimate of drug-likeness (QED) is 0.672. The van der Waals surface area contributed by atoms with Gasteiger partial charge in [0.1, 0.15) is 11.5 Å². The number of nitrogens with zero attached hydrogens (tertiary/aromatic N) is 1. The summed E-state index contributed by atoms with van der Waals surface area (Å²) in [5.74, 6) is 1.84. The lowest BCUT2D eigenvalue weighted by atomic mass is 10.1. The zero-order chi connectivity index (χ0) is 15.4. The van der Waals surface area contributed by atoms with E-state index in [1.54, 1.807) is 25.4 Å². The van der Waals surface area contributed by atoms with Crippen LogP contribution < -0.4 is 4.74 Å². The largest absolute Gasteiger partial charge is 0.497 e. The molecule has 0 N–H and O–H groups in total. The van der Waals surface area contributed by atoms with E-state index in [2.05, 4.69) is 4.98 Å². The van der Waals surface area contributed by atoms with Crippen molar-refractivity contribution < 1.29 is 13.9 Å². The number of methoxy groups -OCH3 is 1. The summed E-state index contributed by atoms with van der Waals surface area (Å²) in [6.07, 6.45) is 1.80. The van der Waals surface area contributed by atoms with Gasteiger partial charge in [-0.2, -0.15) is 0 Å². The van der Waals surface area contributed by atoms with E-state index in [0.717, 1.165) is 11.3 Å². The zero-order valence-corrected chi connectivity index (χ0v) is 12.2. The number of Topliss-reactive ketones (excluding diaryl/α,β-unsaturated/α-hetero) is 1. The maximum Gasteiger partial charge on any atom is 0.226 e. The SMILES string of the molecule is COc1ccc(-c2ncc(CC(=O)c3ccccc3)o2)cc1. The van der Waals surface area contributed by atoms with E-state index in [0.29, 0.717) is 17.2 Å². The van der Waals surface area contributed by atoms with Gasteiger partial charge >= 0.3 is 0 Å². The van der Waals surface area contributed by atoms with Crippen LogP contribution in [0.4, 0.5) is 0 Å². The van der Waals surface area contributed by atoms with E-state index in [1.807, 2.05) is 42.5 Å². The van der Waals surface area contributed by atoms with Crippen molar-refractivity contribution in [3.8, 4) is 17.2 Å².